The minimum Gasteiger partial charge on any atom is -0.380 e. The molecule has 0 aromatic carbocycles. The first-order valence-corrected chi connectivity index (χ1v) is 14.9. The van der Waals surface area contributed by atoms with Gasteiger partial charge in [-0.2, -0.15) is 18.4 Å². The summed E-state index contributed by atoms with van der Waals surface area (Å²) in [5.41, 5.74) is 6.62. The normalized spacial score (nSPS) is 41.4. The molecule has 2 saturated carbocycles. The van der Waals surface area contributed by atoms with Gasteiger partial charge in [0, 0.05) is 37.0 Å². The predicted octanol–water partition coefficient (Wildman–Crippen LogP) is 2.78. The van der Waals surface area contributed by atoms with Crippen LogP contribution in [0.1, 0.15) is 51.4 Å². The Bertz CT molecular complexity index is 955. The van der Waals surface area contributed by atoms with Gasteiger partial charge in [-0.15, -0.1) is 0 Å². The fourth-order valence-electron chi connectivity index (χ4n) is 8.82. The molecule has 4 saturated heterocycles. The molecule has 6 rings (SSSR count). The van der Waals surface area contributed by atoms with E-state index in [0.717, 1.165) is 65.0 Å². The van der Waals surface area contributed by atoms with E-state index in [1.165, 1.54) is 0 Å². The molecule has 2 N–H and O–H groups in total. The Kier molecular flexibility index (Phi) is 7.64. The molecule has 2 aliphatic carbocycles. The van der Waals surface area contributed by atoms with Crippen molar-refractivity contribution in [3.8, 4) is 6.07 Å². The van der Waals surface area contributed by atoms with Crippen molar-refractivity contribution in [1.29, 1.82) is 5.26 Å². The summed E-state index contributed by atoms with van der Waals surface area (Å²) in [5, 5.41) is 9.23. The third-order valence-electron chi connectivity index (χ3n) is 11.1. The summed E-state index contributed by atoms with van der Waals surface area (Å²) in [5.74, 6) is -2.42. The summed E-state index contributed by atoms with van der Waals surface area (Å²) >= 11 is 0. The molecule has 4 heterocycles. The Hall–Kier alpha value is -1.45. The summed E-state index contributed by atoms with van der Waals surface area (Å²) in [7, 11) is 2.09. The van der Waals surface area contributed by atoms with Crippen LogP contribution in [0.15, 0.2) is 0 Å². The van der Waals surface area contributed by atoms with Gasteiger partial charge < -0.3 is 14.5 Å². The van der Waals surface area contributed by atoms with E-state index in [1.54, 1.807) is 0 Å². The molecule has 0 spiro atoms. The highest BCUT2D eigenvalue weighted by Gasteiger charge is 2.58. The molecule has 0 bridgehead atoms. The number of ether oxygens (including phenoxy) is 1. The highest BCUT2D eigenvalue weighted by Crippen LogP contribution is 2.53. The number of alkyl halides is 3. The molecular weight excluding hydrogens is 509 g/mol. The largest absolute Gasteiger partial charge is 0.392 e. The van der Waals surface area contributed by atoms with Gasteiger partial charge in [-0.05, 0) is 76.3 Å². The van der Waals surface area contributed by atoms with Crippen molar-refractivity contribution in [3.05, 3.63) is 0 Å². The van der Waals surface area contributed by atoms with E-state index in [0.29, 0.717) is 25.4 Å². The van der Waals surface area contributed by atoms with Crippen LogP contribution in [-0.2, 0) is 9.53 Å². The molecule has 39 heavy (non-hydrogen) atoms. The number of hydrazine groups is 1. The lowest BCUT2D eigenvalue weighted by Gasteiger charge is -2.52. The van der Waals surface area contributed by atoms with Gasteiger partial charge in [0.05, 0.1) is 44.0 Å². The number of amides is 1. The van der Waals surface area contributed by atoms with Crippen molar-refractivity contribution in [2.24, 2.45) is 40.9 Å². The van der Waals surface area contributed by atoms with E-state index in [4.69, 9.17) is 4.74 Å². The Labute approximate surface area is 229 Å². The Morgan fingerprint density at radius 2 is 1.97 bits per heavy atom. The molecule has 0 aromatic heterocycles. The number of halogens is 3. The highest BCUT2D eigenvalue weighted by atomic mass is 19.4. The first-order chi connectivity index (χ1) is 18.7. The average Bonchev–Trinajstić information content (AvgIpc) is 3.60. The van der Waals surface area contributed by atoms with Gasteiger partial charge >= 0.3 is 6.18 Å². The molecule has 6 fully saturated rings. The van der Waals surface area contributed by atoms with Gasteiger partial charge in [0.25, 0.3) is 0 Å². The van der Waals surface area contributed by atoms with Crippen LogP contribution >= 0.6 is 0 Å². The number of hydrogen-bond donors (Lipinski definition) is 2. The minimum absolute atomic E-state index is 0.0222. The van der Waals surface area contributed by atoms with Gasteiger partial charge in [0.2, 0.25) is 5.91 Å². The molecule has 8 atom stereocenters. The smallest absolute Gasteiger partial charge is 0.380 e. The molecular formula is C28H43F3N6O2. The zero-order valence-corrected chi connectivity index (χ0v) is 23.0. The van der Waals surface area contributed by atoms with Gasteiger partial charge in [-0.1, -0.05) is 6.42 Å². The van der Waals surface area contributed by atoms with E-state index < -0.39 is 23.9 Å². The highest BCUT2D eigenvalue weighted by molar-refractivity contribution is 5.82. The zero-order valence-electron chi connectivity index (χ0n) is 23.0. The number of carbonyl (C=O) groups is 1. The number of carbonyl (C=O) groups excluding carboxylic acids is 1. The maximum atomic E-state index is 14.4. The maximum Gasteiger partial charge on any atom is 0.392 e. The summed E-state index contributed by atoms with van der Waals surface area (Å²) in [6.45, 7) is 4.43. The molecule has 0 aromatic rings. The molecule has 4 aliphatic heterocycles. The molecule has 218 valence electrons. The number of nitrogens with one attached hydrogen (secondary N) is 2. The van der Waals surface area contributed by atoms with Crippen molar-refractivity contribution in [2.45, 2.75) is 69.8 Å². The fourth-order valence-corrected chi connectivity index (χ4v) is 8.82. The second kappa shape index (κ2) is 10.8. The number of hydrogen-bond acceptors (Lipinski definition) is 7. The van der Waals surface area contributed by atoms with Crippen molar-refractivity contribution < 1.29 is 22.7 Å². The monoisotopic (exact) mass is 552 g/mol. The van der Waals surface area contributed by atoms with Crippen LogP contribution in [0.2, 0.25) is 0 Å². The first kappa shape index (κ1) is 27.7. The Morgan fingerprint density at radius 1 is 1.15 bits per heavy atom. The van der Waals surface area contributed by atoms with Crippen LogP contribution < -0.4 is 10.9 Å². The van der Waals surface area contributed by atoms with Gasteiger partial charge in [0.15, 0.2) is 0 Å². The van der Waals surface area contributed by atoms with Gasteiger partial charge in [-0.3, -0.25) is 9.69 Å². The van der Waals surface area contributed by atoms with E-state index >= 15 is 0 Å². The first-order valence-electron chi connectivity index (χ1n) is 14.9. The summed E-state index contributed by atoms with van der Waals surface area (Å²) in [6.07, 6.45) is 2.16. The fraction of sp³-hybridized carbons (Fsp3) is 0.929. The molecule has 11 heteroatoms. The quantitative estimate of drug-likeness (QED) is 0.524. The van der Waals surface area contributed by atoms with Crippen LogP contribution in [0.5, 0.6) is 0 Å². The number of fused-ring (bicyclic) bond motifs is 1. The van der Waals surface area contributed by atoms with E-state index in [9.17, 15) is 23.2 Å². The van der Waals surface area contributed by atoms with Crippen LogP contribution in [0.25, 0.3) is 0 Å². The summed E-state index contributed by atoms with van der Waals surface area (Å²) in [4.78, 5) is 20.1. The number of rotatable bonds is 6. The summed E-state index contributed by atoms with van der Waals surface area (Å²) < 4.78 is 48.8. The predicted molar refractivity (Wildman–Crippen MR) is 137 cm³/mol. The molecule has 0 radical (unpaired) electrons. The van der Waals surface area contributed by atoms with Crippen molar-refractivity contribution in [3.63, 3.8) is 0 Å². The topological polar surface area (TPSA) is 83.9 Å². The standard InChI is InChI=1S/C28H43F3N6O2/c1-35-17-33-34-25(35)10-27(15-39-16-27)20-3-2-4-21(9-20)37-14-23-22(26(37)38)7-19(8-24(23)28(29,30)31)13-36-6-5-18(11-32)12-36/h18-25,33-34H,2-10,12-17H2,1H3/t18-,19?,20?,21?,22?,23?,24?,25?/m1/s1. The second-order valence-electron chi connectivity index (χ2n) is 13.4. The Balaban J connectivity index is 1.14. The molecule has 6 aliphatic rings. The SMILES string of the molecule is CN1CNNC1CC1(C2CCCC(N3CC4C(CC(CN5CC[C@H](C#N)C5)CC4C(F)(F)F)C3=O)C2)COC1. The van der Waals surface area contributed by atoms with E-state index in [2.05, 4.69) is 33.8 Å². The van der Waals surface area contributed by atoms with Gasteiger partial charge in [-0.25, -0.2) is 10.9 Å². The number of nitriles is 1. The zero-order chi connectivity index (χ0) is 27.4. The number of likely N-dealkylation sites (tertiary alicyclic amines) is 2. The average molecular weight is 553 g/mol. The third-order valence-corrected chi connectivity index (χ3v) is 11.1. The lowest BCUT2D eigenvalue weighted by atomic mass is 9.64. The summed E-state index contributed by atoms with van der Waals surface area (Å²) in [6, 6.07) is 2.32. The van der Waals surface area contributed by atoms with Crippen LogP contribution in [0.4, 0.5) is 13.2 Å². The van der Waals surface area contributed by atoms with Crippen molar-refractivity contribution >= 4 is 5.91 Å². The Morgan fingerprint density at radius 3 is 2.62 bits per heavy atom. The third kappa shape index (κ3) is 5.32. The van der Waals surface area contributed by atoms with Crippen molar-refractivity contribution in [1.82, 2.24) is 25.6 Å². The van der Waals surface area contributed by atoms with Crippen LogP contribution in [0.3, 0.4) is 0 Å². The maximum absolute atomic E-state index is 14.4. The lowest BCUT2D eigenvalue weighted by molar-refractivity contribution is -0.204. The van der Waals surface area contributed by atoms with Gasteiger partial charge in [0.1, 0.15) is 0 Å². The van der Waals surface area contributed by atoms with Crippen molar-refractivity contribution in [2.75, 3.05) is 53.1 Å². The van der Waals surface area contributed by atoms with E-state index in [1.807, 2.05) is 4.90 Å². The van der Waals surface area contributed by atoms with Crippen LogP contribution in [-0.4, -0.2) is 92.1 Å². The molecule has 8 nitrogen and oxygen atoms in total. The minimum atomic E-state index is -4.30. The van der Waals surface area contributed by atoms with E-state index in [-0.39, 0.29) is 48.3 Å². The van der Waals surface area contributed by atoms with Crippen LogP contribution in [0, 0.1) is 52.3 Å². The number of nitrogens with zero attached hydrogens (tertiary/aromatic N) is 4. The molecule has 1 amide bonds. The lowest BCUT2D eigenvalue weighted by Crippen LogP contribution is -2.56. The second-order valence-corrected chi connectivity index (χ2v) is 13.4. The molecule has 7 unspecified atom stereocenters.